The highest BCUT2D eigenvalue weighted by atomic mass is 16.1. The minimum absolute atomic E-state index is 0.0662. The van der Waals surface area contributed by atoms with Crippen LogP contribution in [0.3, 0.4) is 0 Å². The summed E-state index contributed by atoms with van der Waals surface area (Å²) in [4.78, 5) is 13.7. The normalized spacial score (nSPS) is 17.1. The highest BCUT2D eigenvalue weighted by Crippen LogP contribution is 2.11. The van der Waals surface area contributed by atoms with Crippen molar-refractivity contribution in [2.45, 2.75) is 25.3 Å². The Balaban J connectivity index is 1.63. The van der Waals surface area contributed by atoms with Gasteiger partial charge in [0.05, 0.1) is 6.54 Å². The maximum atomic E-state index is 11.2. The first-order valence-electron chi connectivity index (χ1n) is 7.48. The fourth-order valence-electron chi connectivity index (χ4n) is 2.62. The summed E-state index contributed by atoms with van der Waals surface area (Å²) in [5, 5.41) is 5.97. The monoisotopic (exact) mass is 275 g/mol. The number of rotatable bonds is 6. The molecule has 2 N–H and O–H groups in total. The van der Waals surface area contributed by atoms with Gasteiger partial charge in [-0.15, -0.1) is 0 Å². The van der Waals surface area contributed by atoms with E-state index in [0.717, 1.165) is 38.9 Å². The smallest absolute Gasteiger partial charge is 0.233 e. The molecular weight excluding hydrogens is 250 g/mol. The first-order valence-corrected chi connectivity index (χ1v) is 7.48. The third kappa shape index (κ3) is 4.94. The summed E-state index contributed by atoms with van der Waals surface area (Å²) in [6.45, 7) is 3.81. The van der Waals surface area contributed by atoms with Crippen molar-refractivity contribution < 1.29 is 4.79 Å². The second-order valence-electron chi connectivity index (χ2n) is 5.41. The molecule has 1 aromatic carbocycles. The van der Waals surface area contributed by atoms with E-state index in [0.29, 0.717) is 12.6 Å². The summed E-state index contributed by atoms with van der Waals surface area (Å²) in [7, 11) is 1.68. The Hall–Kier alpha value is -1.39. The highest BCUT2D eigenvalue weighted by molar-refractivity contribution is 5.77. The molecule has 1 aliphatic rings. The number of hydrogen-bond donors (Lipinski definition) is 2. The van der Waals surface area contributed by atoms with Gasteiger partial charge in [0.15, 0.2) is 0 Å². The van der Waals surface area contributed by atoms with E-state index >= 15 is 0 Å². The average molecular weight is 275 g/mol. The van der Waals surface area contributed by atoms with Gasteiger partial charge in [-0.1, -0.05) is 30.3 Å². The van der Waals surface area contributed by atoms with Gasteiger partial charge in [-0.2, -0.15) is 0 Å². The van der Waals surface area contributed by atoms with Gasteiger partial charge in [0.1, 0.15) is 0 Å². The topological polar surface area (TPSA) is 44.4 Å². The molecule has 0 aliphatic carbocycles. The van der Waals surface area contributed by atoms with E-state index in [1.807, 2.05) is 0 Å². The van der Waals surface area contributed by atoms with E-state index in [1.165, 1.54) is 5.56 Å². The second-order valence-corrected chi connectivity index (χ2v) is 5.41. The molecule has 0 spiro atoms. The molecule has 4 nitrogen and oxygen atoms in total. The van der Waals surface area contributed by atoms with Crippen LogP contribution < -0.4 is 10.6 Å². The van der Waals surface area contributed by atoms with E-state index in [4.69, 9.17) is 0 Å². The number of amides is 1. The maximum Gasteiger partial charge on any atom is 0.233 e. The van der Waals surface area contributed by atoms with Crippen LogP contribution in [0.1, 0.15) is 18.4 Å². The third-order valence-corrected chi connectivity index (χ3v) is 3.98. The molecule has 110 valence electrons. The van der Waals surface area contributed by atoms with Crippen LogP contribution in [0.5, 0.6) is 0 Å². The van der Waals surface area contributed by atoms with Crippen molar-refractivity contribution in [1.29, 1.82) is 0 Å². The molecule has 1 heterocycles. The second kappa shape index (κ2) is 8.02. The molecule has 0 bridgehead atoms. The van der Waals surface area contributed by atoms with Crippen molar-refractivity contribution in [2.75, 3.05) is 33.2 Å². The lowest BCUT2D eigenvalue weighted by Gasteiger charge is -2.32. The number of likely N-dealkylation sites (N-methyl/N-ethyl adjacent to an activating group) is 1. The molecule has 0 radical (unpaired) electrons. The molecule has 0 unspecified atom stereocenters. The van der Waals surface area contributed by atoms with Crippen LogP contribution in [-0.2, 0) is 11.2 Å². The molecule has 1 aromatic rings. The van der Waals surface area contributed by atoms with Crippen LogP contribution in [0.4, 0.5) is 0 Å². The number of carbonyl (C=O) groups is 1. The standard InChI is InChI=1S/C16H25N3O/c1-17-16(20)13-18-15-8-11-19(12-9-15)10-7-14-5-3-2-4-6-14/h2-6,15,18H,7-13H2,1H3,(H,17,20). The van der Waals surface area contributed by atoms with Crippen molar-refractivity contribution in [3.63, 3.8) is 0 Å². The lowest BCUT2D eigenvalue weighted by atomic mass is 10.0. The predicted octanol–water partition coefficient (Wildman–Crippen LogP) is 1.03. The van der Waals surface area contributed by atoms with Crippen LogP contribution in [0.25, 0.3) is 0 Å². The molecule has 0 atom stereocenters. The van der Waals surface area contributed by atoms with Crippen LogP contribution >= 0.6 is 0 Å². The molecule has 1 aliphatic heterocycles. The van der Waals surface area contributed by atoms with Gasteiger partial charge in [0, 0.05) is 19.6 Å². The summed E-state index contributed by atoms with van der Waals surface area (Å²) in [5.74, 6) is 0.0662. The summed E-state index contributed by atoms with van der Waals surface area (Å²) >= 11 is 0. The fraction of sp³-hybridized carbons (Fsp3) is 0.562. The van der Waals surface area contributed by atoms with Crippen LogP contribution in [0.15, 0.2) is 30.3 Å². The first kappa shape index (κ1) is 15.0. The van der Waals surface area contributed by atoms with Crippen molar-refractivity contribution in [3.05, 3.63) is 35.9 Å². The van der Waals surface area contributed by atoms with E-state index in [-0.39, 0.29) is 5.91 Å². The number of hydrogen-bond acceptors (Lipinski definition) is 3. The molecular formula is C16H25N3O. The van der Waals surface area contributed by atoms with Crippen molar-refractivity contribution in [1.82, 2.24) is 15.5 Å². The molecule has 0 aromatic heterocycles. The van der Waals surface area contributed by atoms with Crippen LogP contribution in [-0.4, -0.2) is 50.1 Å². The first-order chi connectivity index (χ1) is 9.78. The maximum absolute atomic E-state index is 11.2. The lowest BCUT2D eigenvalue weighted by Crippen LogP contribution is -2.45. The van der Waals surface area contributed by atoms with Gasteiger partial charge in [0.25, 0.3) is 0 Å². The number of piperidine rings is 1. The molecule has 1 fully saturated rings. The van der Waals surface area contributed by atoms with Crippen LogP contribution in [0.2, 0.25) is 0 Å². The van der Waals surface area contributed by atoms with Crippen LogP contribution in [0, 0.1) is 0 Å². The largest absolute Gasteiger partial charge is 0.358 e. The minimum Gasteiger partial charge on any atom is -0.358 e. The molecule has 0 saturated carbocycles. The number of carbonyl (C=O) groups excluding carboxylic acids is 1. The predicted molar refractivity (Wildman–Crippen MR) is 81.7 cm³/mol. The zero-order chi connectivity index (χ0) is 14.2. The van der Waals surface area contributed by atoms with Gasteiger partial charge in [0.2, 0.25) is 5.91 Å². The van der Waals surface area contributed by atoms with E-state index in [2.05, 4.69) is 45.9 Å². The molecule has 1 saturated heterocycles. The Kier molecular flexibility index (Phi) is 6.02. The Morgan fingerprint density at radius 3 is 2.60 bits per heavy atom. The van der Waals surface area contributed by atoms with Gasteiger partial charge in [-0.25, -0.2) is 0 Å². The minimum atomic E-state index is 0.0662. The Labute approximate surface area is 121 Å². The van der Waals surface area contributed by atoms with Gasteiger partial charge in [-0.3, -0.25) is 4.79 Å². The summed E-state index contributed by atoms with van der Waals surface area (Å²) in [6.07, 6.45) is 3.38. The summed E-state index contributed by atoms with van der Waals surface area (Å²) < 4.78 is 0. The summed E-state index contributed by atoms with van der Waals surface area (Å²) in [5.41, 5.74) is 1.41. The quantitative estimate of drug-likeness (QED) is 0.815. The highest BCUT2D eigenvalue weighted by Gasteiger charge is 2.18. The Morgan fingerprint density at radius 1 is 1.25 bits per heavy atom. The molecule has 20 heavy (non-hydrogen) atoms. The Bertz CT molecular complexity index is 399. The van der Waals surface area contributed by atoms with E-state index < -0.39 is 0 Å². The third-order valence-electron chi connectivity index (χ3n) is 3.98. The average Bonchev–Trinajstić information content (AvgIpc) is 2.52. The molecule has 1 amide bonds. The van der Waals surface area contributed by atoms with Gasteiger partial charge >= 0.3 is 0 Å². The zero-order valence-corrected chi connectivity index (χ0v) is 12.3. The number of nitrogens with one attached hydrogen (secondary N) is 2. The van der Waals surface area contributed by atoms with Crippen molar-refractivity contribution >= 4 is 5.91 Å². The zero-order valence-electron chi connectivity index (χ0n) is 12.3. The van der Waals surface area contributed by atoms with E-state index in [9.17, 15) is 4.79 Å². The Morgan fingerprint density at radius 2 is 1.95 bits per heavy atom. The SMILES string of the molecule is CNC(=O)CNC1CCN(CCc2ccccc2)CC1. The number of nitrogens with zero attached hydrogens (tertiary/aromatic N) is 1. The molecule has 2 rings (SSSR count). The van der Waals surface area contributed by atoms with Crippen molar-refractivity contribution in [2.24, 2.45) is 0 Å². The van der Waals surface area contributed by atoms with E-state index in [1.54, 1.807) is 7.05 Å². The van der Waals surface area contributed by atoms with Gasteiger partial charge < -0.3 is 15.5 Å². The number of likely N-dealkylation sites (tertiary alicyclic amines) is 1. The lowest BCUT2D eigenvalue weighted by molar-refractivity contribution is -0.119. The summed E-state index contributed by atoms with van der Waals surface area (Å²) in [6, 6.07) is 11.1. The van der Waals surface area contributed by atoms with Crippen molar-refractivity contribution in [3.8, 4) is 0 Å². The number of benzene rings is 1. The van der Waals surface area contributed by atoms with Gasteiger partial charge in [-0.05, 0) is 37.9 Å². The fourth-order valence-corrected chi connectivity index (χ4v) is 2.62. The molecule has 4 heteroatoms.